The molecule has 1 aliphatic carbocycles. The Labute approximate surface area is 101 Å². The SMILES string of the molecule is CC(=O)c1cc(Br)c2oc(C3CC3)nc2c1. The second kappa shape index (κ2) is 3.42. The van der Waals surface area contributed by atoms with Gasteiger partial charge in [-0.3, -0.25) is 4.79 Å². The first kappa shape index (κ1) is 10.0. The zero-order valence-electron chi connectivity index (χ0n) is 8.79. The van der Waals surface area contributed by atoms with Crippen LogP contribution < -0.4 is 0 Å². The van der Waals surface area contributed by atoms with Gasteiger partial charge >= 0.3 is 0 Å². The van der Waals surface area contributed by atoms with Crippen LogP contribution in [0.25, 0.3) is 11.1 Å². The summed E-state index contributed by atoms with van der Waals surface area (Å²) in [5, 5.41) is 0. The summed E-state index contributed by atoms with van der Waals surface area (Å²) in [7, 11) is 0. The molecule has 0 radical (unpaired) electrons. The average molecular weight is 280 g/mol. The molecule has 0 N–H and O–H groups in total. The first-order valence-corrected chi connectivity index (χ1v) is 6.05. The van der Waals surface area contributed by atoms with Crippen LogP contribution in [0.3, 0.4) is 0 Å². The van der Waals surface area contributed by atoms with E-state index in [9.17, 15) is 4.79 Å². The van der Waals surface area contributed by atoms with Crippen LogP contribution in [0.5, 0.6) is 0 Å². The highest BCUT2D eigenvalue weighted by atomic mass is 79.9. The Bertz CT molecular complexity index is 584. The summed E-state index contributed by atoms with van der Waals surface area (Å²) in [6.07, 6.45) is 2.31. The highest BCUT2D eigenvalue weighted by molar-refractivity contribution is 9.10. The molecule has 16 heavy (non-hydrogen) atoms. The quantitative estimate of drug-likeness (QED) is 0.788. The molecule has 0 amide bonds. The molecular weight excluding hydrogens is 270 g/mol. The van der Waals surface area contributed by atoms with Gasteiger partial charge in [0, 0.05) is 11.5 Å². The van der Waals surface area contributed by atoms with Crippen LogP contribution >= 0.6 is 15.9 Å². The fourth-order valence-electron chi connectivity index (χ4n) is 1.72. The van der Waals surface area contributed by atoms with E-state index in [1.165, 1.54) is 0 Å². The number of nitrogens with zero attached hydrogens (tertiary/aromatic N) is 1. The number of hydrogen-bond donors (Lipinski definition) is 0. The second-order valence-corrected chi connectivity index (χ2v) is 5.04. The zero-order chi connectivity index (χ0) is 11.3. The largest absolute Gasteiger partial charge is 0.439 e. The van der Waals surface area contributed by atoms with Crippen molar-refractivity contribution < 1.29 is 9.21 Å². The van der Waals surface area contributed by atoms with Gasteiger partial charge in [-0.15, -0.1) is 0 Å². The van der Waals surface area contributed by atoms with E-state index >= 15 is 0 Å². The van der Waals surface area contributed by atoms with E-state index in [0.717, 1.165) is 34.3 Å². The van der Waals surface area contributed by atoms with Gasteiger partial charge in [-0.05, 0) is 47.8 Å². The van der Waals surface area contributed by atoms with Gasteiger partial charge in [0.2, 0.25) is 0 Å². The third kappa shape index (κ3) is 1.57. The molecule has 1 fully saturated rings. The number of ketones is 1. The first-order chi connectivity index (χ1) is 7.65. The monoisotopic (exact) mass is 279 g/mol. The lowest BCUT2D eigenvalue weighted by molar-refractivity contribution is 0.101. The lowest BCUT2D eigenvalue weighted by Gasteiger charge is -1.96. The minimum atomic E-state index is 0.0403. The number of rotatable bonds is 2. The van der Waals surface area contributed by atoms with Gasteiger partial charge in [-0.1, -0.05) is 0 Å². The topological polar surface area (TPSA) is 43.1 Å². The third-order valence-electron chi connectivity index (χ3n) is 2.79. The Morgan fingerprint density at radius 2 is 2.25 bits per heavy atom. The maximum atomic E-state index is 11.3. The summed E-state index contributed by atoms with van der Waals surface area (Å²) < 4.78 is 6.49. The summed E-state index contributed by atoms with van der Waals surface area (Å²) in [5.74, 6) is 1.33. The summed E-state index contributed by atoms with van der Waals surface area (Å²) in [4.78, 5) is 15.7. The lowest BCUT2D eigenvalue weighted by Crippen LogP contribution is -1.91. The van der Waals surface area contributed by atoms with Crippen molar-refractivity contribution in [2.24, 2.45) is 0 Å². The number of benzene rings is 1. The third-order valence-corrected chi connectivity index (χ3v) is 3.38. The summed E-state index contributed by atoms with van der Waals surface area (Å²) in [6, 6.07) is 3.57. The average Bonchev–Trinajstić information content (AvgIpc) is 2.98. The van der Waals surface area contributed by atoms with Crippen molar-refractivity contribution in [2.45, 2.75) is 25.7 Å². The van der Waals surface area contributed by atoms with Crippen LogP contribution in [-0.4, -0.2) is 10.8 Å². The minimum Gasteiger partial charge on any atom is -0.439 e. The Morgan fingerprint density at radius 1 is 1.50 bits per heavy atom. The standard InChI is InChI=1S/C12H10BrNO2/c1-6(15)8-4-9(13)11-10(5-8)14-12(16-11)7-2-3-7/h4-5,7H,2-3H2,1H3. The van der Waals surface area contributed by atoms with Crippen LogP contribution in [0, 0.1) is 0 Å². The number of carbonyl (C=O) groups is 1. The molecular formula is C12H10BrNO2. The molecule has 82 valence electrons. The van der Waals surface area contributed by atoms with E-state index in [1.807, 2.05) is 0 Å². The number of fused-ring (bicyclic) bond motifs is 1. The van der Waals surface area contributed by atoms with E-state index < -0.39 is 0 Å². The van der Waals surface area contributed by atoms with Crippen molar-refractivity contribution in [3.05, 3.63) is 28.1 Å². The molecule has 1 aliphatic rings. The molecule has 3 rings (SSSR count). The predicted molar refractivity (Wildman–Crippen MR) is 63.7 cm³/mol. The van der Waals surface area contributed by atoms with Crippen molar-refractivity contribution in [1.29, 1.82) is 0 Å². The van der Waals surface area contributed by atoms with Crippen LogP contribution in [-0.2, 0) is 0 Å². The van der Waals surface area contributed by atoms with E-state index in [4.69, 9.17) is 4.42 Å². The molecule has 0 aliphatic heterocycles. The molecule has 0 saturated heterocycles. The molecule has 0 spiro atoms. The van der Waals surface area contributed by atoms with Crippen LogP contribution in [0.15, 0.2) is 21.0 Å². The normalized spacial score (nSPS) is 15.6. The van der Waals surface area contributed by atoms with Crippen molar-refractivity contribution in [3.63, 3.8) is 0 Å². The van der Waals surface area contributed by atoms with Gasteiger partial charge in [0.25, 0.3) is 0 Å². The molecule has 0 bridgehead atoms. The Kier molecular flexibility index (Phi) is 2.14. The Balaban J connectivity index is 2.21. The molecule has 0 unspecified atom stereocenters. The van der Waals surface area contributed by atoms with Gasteiger partial charge in [-0.2, -0.15) is 0 Å². The van der Waals surface area contributed by atoms with Crippen molar-refractivity contribution >= 4 is 32.8 Å². The highest BCUT2D eigenvalue weighted by Crippen LogP contribution is 2.41. The van der Waals surface area contributed by atoms with E-state index in [2.05, 4.69) is 20.9 Å². The molecule has 1 aromatic carbocycles. The molecule has 2 aromatic rings. The smallest absolute Gasteiger partial charge is 0.198 e. The van der Waals surface area contributed by atoms with Gasteiger partial charge < -0.3 is 4.42 Å². The predicted octanol–water partition coefficient (Wildman–Crippen LogP) is 3.67. The molecule has 1 heterocycles. The molecule has 0 atom stereocenters. The number of aromatic nitrogens is 1. The van der Waals surface area contributed by atoms with Gasteiger partial charge in [0.05, 0.1) is 4.47 Å². The summed E-state index contributed by atoms with van der Waals surface area (Å²) in [6.45, 7) is 1.55. The fourth-order valence-corrected chi connectivity index (χ4v) is 2.25. The van der Waals surface area contributed by atoms with Crippen molar-refractivity contribution in [2.75, 3.05) is 0 Å². The summed E-state index contributed by atoms with van der Waals surface area (Å²) >= 11 is 3.41. The molecule has 1 saturated carbocycles. The lowest BCUT2D eigenvalue weighted by atomic mass is 10.1. The highest BCUT2D eigenvalue weighted by Gasteiger charge is 2.29. The van der Waals surface area contributed by atoms with Gasteiger partial charge in [0.15, 0.2) is 17.3 Å². The Hall–Kier alpha value is -1.16. The zero-order valence-corrected chi connectivity index (χ0v) is 10.4. The second-order valence-electron chi connectivity index (χ2n) is 4.19. The van der Waals surface area contributed by atoms with Crippen LogP contribution in [0.1, 0.15) is 41.9 Å². The van der Waals surface area contributed by atoms with E-state index in [0.29, 0.717) is 11.5 Å². The number of oxazole rings is 1. The Morgan fingerprint density at radius 3 is 2.88 bits per heavy atom. The number of Topliss-reactive ketones (excluding diaryl/α,β-unsaturated/α-hetero) is 1. The van der Waals surface area contributed by atoms with Crippen LogP contribution in [0.2, 0.25) is 0 Å². The van der Waals surface area contributed by atoms with Gasteiger partial charge in [0.1, 0.15) is 5.52 Å². The minimum absolute atomic E-state index is 0.0403. The van der Waals surface area contributed by atoms with Crippen molar-refractivity contribution in [1.82, 2.24) is 4.98 Å². The maximum absolute atomic E-state index is 11.3. The van der Waals surface area contributed by atoms with Crippen molar-refractivity contribution in [3.8, 4) is 0 Å². The van der Waals surface area contributed by atoms with Gasteiger partial charge in [-0.25, -0.2) is 4.98 Å². The van der Waals surface area contributed by atoms with E-state index in [1.54, 1.807) is 19.1 Å². The molecule has 4 heteroatoms. The summed E-state index contributed by atoms with van der Waals surface area (Å²) in [5.41, 5.74) is 2.17. The maximum Gasteiger partial charge on any atom is 0.198 e. The van der Waals surface area contributed by atoms with Crippen LogP contribution in [0.4, 0.5) is 0 Å². The number of carbonyl (C=O) groups excluding carboxylic acids is 1. The molecule has 1 aromatic heterocycles. The van der Waals surface area contributed by atoms with E-state index in [-0.39, 0.29) is 5.78 Å². The number of halogens is 1. The molecule has 3 nitrogen and oxygen atoms in total. The number of hydrogen-bond acceptors (Lipinski definition) is 3. The first-order valence-electron chi connectivity index (χ1n) is 5.26. The fraction of sp³-hybridized carbons (Fsp3) is 0.333.